The molecule has 0 radical (unpaired) electrons. The number of allylic oxidation sites excluding steroid dienone is 2. The van der Waals surface area contributed by atoms with Crippen LogP contribution in [0.1, 0.15) is 27.2 Å². The van der Waals surface area contributed by atoms with Gasteiger partial charge in [-0.15, -0.1) is 0 Å². The summed E-state index contributed by atoms with van der Waals surface area (Å²) in [6.45, 7) is 6.43. The zero-order valence-corrected chi connectivity index (χ0v) is 7.50. The SMILES string of the molecule is CC(C)[C@@H]1C=CC(=O)[C@H](C)C1. The summed E-state index contributed by atoms with van der Waals surface area (Å²) in [5.41, 5.74) is 0. The van der Waals surface area contributed by atoms with Gasteiger partial charge in [0.15, 0.2) is 5.78 Å². The molecule has 1 heteroatoms. The van der Waals surface area contributed by atoms with Crippen molar-refractivity contribution in [2.45, 2.75) is 27.2 Å². The molecule has 1 nitrogen and oxygen atoms in total. The average molecular weight is 152 g/mol. The molecule has 0 aromatic rings. The molecule has 0 saturated carbocycles. The largest absolute Gasteiger partial charge is 0.295 e. The van der Waals surface area contributed by atoms with Gasteiger partial charge in [0.2, 0.25) is 0 Å². The summed E-state index contributed by atoms with van der Waals surface area (Å²) in [7, 11) is 0. The third kappa shape index (κ3) is 1.92. The first-order valence-corrected chi connectivity index (χ1v) is 4.33. The van der Waals surface area contributed by atoms with Crippen molar-refractivity contribution >= 4 is 5.78 Å². The zero-order valence-electron chi connectivity index (χ0n) is 7.50. The highest BCUT2D eigenvalue weighted by molar-refractivity contribution is 5.92. The number of hydrogen-bond acceptors (Lipinski definition) is 1. The Morgan fingerprint density at radius 2 is 2.18 bits per heavy atom. The van der Waals surface area contributed by atoms with Crippen molar-refractivity contribution in [3.05, 3.63) is 12.2 Å². The Morgan fingerprint density at radius 3 is 2.64 bits per heavy atom. The molecule has 1 aliphatic carbocycles. The first-order chi connectivity index (χ1) is 5.11. The van der Waals surface area contributed by atoms with E-state index >= 15 is 0 Å². The highest BCUT2D eigenvalue weighted by Crippen LogP contribution is 2.26. The molecule has 0 amide bonds. The highest BCUT2D eigenvalue weighted by Gasteiger charge is 2.22. The fourth-order valence-electron chi connectivity index (χ4n) is 1.48. The quantitative estimate of drug-likeness (QED) is 0.564. The predicted molar refractivity (Wildman–Crippen MR) is 46.3 cm³/mol. The highest BCUT2D eigenvalue weighted by atomic mass is 16.1. The molecular weight excluding hydrogens is 136 g/mol. The van der Waals surface area contributed by atoms with Crippen LogP contribution in [0.2, 0.25) is 0 Å². The Kier molecular flexibility index (Phi) is 2.48. The van der Waals surface area contributed by atoms with Gasteiger partial charge < -0.3 is 0 Å². The van der Waals surface area contributed by atoms with Gasteiger partial charge in [-0.05, 0) is 24.3 Å². The third-order valence-electron chi connectivity index (χ3n) is 2.48. The third-order valence-corrected chi connectivity index (χ3v) is 2.48. The average Bonchev–Trinajstić information content (AvgIpc) is 1.94. The Balaban J connectivity index is 2.63. The van der Waals surface area contributed by atoms with Crippen molar-refractivity contribution in [2.75, 3.05) is 0 Å². The van der Waals surface area contributed by atoms with Crippen molar-refractivity contribution in [3.63, 3.8) is 0 Å². The van der Waals surface area contributed by atoms with E-state index in [1.165, 1.54) is 0 Å². The van der Waals surface area contributed by atoms with E-state index in [0.717, 1.165) is 6.42 Å². The van der Waals surface area contributed by atoms with E-state index in [4.69, 9.17) is 0 Å². The van der Waals surface area contributed by atoms with Crippen LogP contribution in [0.15, 0.2) is 12.2 Å². The van der Waals surface area contributed by atoms with Crippen LogP contribution < -0.4 is 0 Å². The number of ketones is 1. The molecule has 62 valence electrons. The summed E-state index contributed by atoms with van der Waals surface area (Å²) < 4.78 is 0. The lowest BCUT2D eigenvalue weighted by Crippen LogP contribution is -2.20. The molecule has 0 aromatic carbocycles. The maximum Gasteiger partial charge on any atom is 0.158 e. The van der Waals surface area contributed by atoms with E-state index in [1.807, 2.05) is 6.92 Å². The van der Waals surface area contributed by atoms with Crippen LogP contribution in [0, 0.1) is 17.8 Å². The second-order valence-electron chi connectivity index (χ2n) is 3.81. The van der Waals surface area contributed by atoms with Gasteiger partial charge in [0.1, 0.15) is 0 Å². The number of carbonyl (C=O) groups excluding carboxylic acids is 1. The number of rotatable bonds is 1. The van der Waals surface area contributed by atoms with Crippen molar-refractivity contribution in [1.82, 2.24) is 0 Å². The van der Waals surface area contributed by atoms with Gasteiger partial charge >= 0.3 is 0 Å². The normalized spacial score (nSPS) is 31.5. The summed E-state index contributed by atoms with van der Waals surface area (Å²) in [5.74, 6) is 1.82. The minimum Gasteiger partial charge on any atom is -0.295 e. The Bertz CT molecular complexity index is 179. The van der Waals surface area contributed by atoms with Crippen molar-refractivity contribution < 1.29 is 4.79 Å². The second kappa shape index (κ2) is 3.21. The summed E-state index contributed by atoms with van der Waals surface area (Å²) in [6, 6.07) is 0. The van der Waals surface area contributed by atoms with Gasteiger partial charge in [0.25, 0.3) is 0 Å². The van der Waals surface area contributed by atoms with E-state index in [2.05, 4.69) is 19.9 Å². The molecule has 1 rings (SSSR count). The molecule has 11 heavy (non-hydrogen) atoms. The molecule has 1 aliphatic rings. The first-order valence-electron chi connectivity index (χ1n) is 4.33. The summed E-state index contributed by atoms with van der Waals surface area (Å²) in [5, 5.41) is 0. The molecular formula is C10H16O. The van der Waals surface area contributed by atoms with E-state index in [1.54, 1.807) is 6.08 Å². The van der Waals surface area contributed by atoms with Crippen LogP contribution in [-0.4, -0.2) is 5.78 Å². The van der Waals surface area contributed by atoms with Crippen LogP contribution in [-0.2, 0) is 4.79 Å². The maximum atomic E-state index is 11.1. The molecule has 0 spiro atoms. The van der Waals surface area contributed by atoms with Gasteiger partial charge in [-0.3, -0.25) is 4.79 Å². The molecule has 0 heterocycles. The first kappa shape index (κ1) is 8.51. The van der Waals surface area contributed by atoms with Gasteiger partial charge in [-0.25, -0.2) is 0 Å². The Hall–Kier alpha value is -0.590. The summed E-state index contributed by atoms with van der Waals surface area (Å²) >= 11 is 0. The summed E-state index contributed by atoms with van der Waals surface area (Å²) in [4.78, 5) is 11.1. The lowest BCUT2D eigenvalue weighted by Gasteiger charge is -2.23. The van der Waals surface area contributed by atoms with Gasteiger partial charge in [-0.1, -0.05) is 26.8 Å². The lowest BCUT2D eigenvalue weighted by molar-refractivity contribution is -0.118. The van der Waals surface area contributed by atoms with Crippen molar-refractivity contribution in [3.8, 4) is 0 Å². The second-order valence-corrected chi connectivity index (χ2v) is 3.81. The fourth-order valence-corrected chi connectivity index (χ4v) is 1.48. The van der Waals surface area contributed by atoms with E-state index in [0.29, 0.717) is 17.6 Å². The van der Waals surface area contributed by atoms with Crippen molar-refractivity contribution in [2.24, 2.45) is 17.8 Å². The van der Waals surface area contributed by atoms with E-state index < -0.39 is 0 Å². The summed E-state index contributed by atoms with van der Waals surface area (Å²) in [6.07, 6.45) is 4.85. The molecule has 0 N–H and O–H groups in total. The number of carbonyl (C=O) groups is 1. The molecule has 0 unspecified atom stereocenters. The standard InChI is InChI=1S/C10H16O/c1-7(2)9-4-5-10(11)8(3)6-9/h4-5,7-9H,6H2,1-3H3/t8-,9-/m1/s1. The van der Waals surface area contributed by atoms with Crippen LogP contribution in [0.5, 0.6) is 0 Å². The Labute approximate surface area is 68.5 Å². The predicted octanol–water partition coefficient (Wildman–Crippen LogP) is 2.42. The molecule has 0 fully saturated rings. The molecule has 0 saturated heterocycles. The van der Waals surface area contributed by atoms with Crippen LogP contribution in [0.25, 0.3) is 0 Å². The van der Waals surface area contributed by atoms with E-state index in [9.17, 15) is 4.79 Å². The Morgan fingerprint density at radius 1 is 1.55 bits per heavy atom. The van der Waals surface area contributed by atoms with E-state index in [-0.39, 0.29) is 5.92 Å². The van der Waals surface area contributed by atoms with Crippen LogP contribution in [0.3, 0.4) is 0 Å². The molecule has 0 bridgehead atoms. The number of hydrogen-bond donors (Lipinski definition) is 0. The molecule has 0 aliphatic heterocycles. The minimum absolute atomic E-state index is 0.243. The minimum atomic E-state index is 0.243. The van der Waals surface area contributed by atoms with Gasteiger partial charge in [0.05, 0.1) is 0 Å². The molecule has 0 aromatic heterocycles. The monoisotopic (exact) mass is 152 g/mol. The maximum absolute atomic E-state index is 11.1. The van der Waals surface area contributed by atoms with Crippen LogP contribution in [0.4, 0.5) is 0 Å². The van der Waals surface area contributed by atoms with Gasteiger partial charge in [0, 0.05) is 5.92 Å². The zero-order chi connectivity index (χ0) is 8.43. The lowest BCUT2D eigenvalue weighted by atomic mass is 9.81. The van der Waals surface area contributed by atoms with Gasteiger partial charge in [-0.2, -0.15) is 0 Å². The topological polar surface area (TPSA) is 17.1 Å². The smallest absolute Gasteiger partial charge is 0.158 e. The van der Waals surface area contributed by atoms with Crippen LogP contribution >= 0.6 is 0 Å². The molecule has 2 atom stereocenters. The fraction of sp³-hybridized carbons (Fsp3) is 0.700. The van der Waals surface area contributed by atoms with Crippen molar-refractivity contribution in [1.29, 1.82) is 0 Å².